The number of ether oxygens (including phenoxy) is 2. The van der Waals surface area contributed by atoms with Crippen molar-refractivity contribution in [3.8, 4) is 0 Å². The molecule has 7 heteroatoms. The minimum absolute atomic E-state index is 0.0370. The lowest BCUT2D eigenvalue weighted by Gasteiger charge is -2.15. The monoisotopic (exact) mass is 244 g/mol. The Bertz CT molecular complexity index is 318. The molecule has 0 aromatic carbocycles. The minimum Gasteiger partial charge on any atom is -0.389 e. The molecule has 1 heterocycles. The smallest absolute Gasteiger partial charge is 0.0969 e. The maximum absolute atomic E-state index is 9.72. The van der Waals surface area contributed by atoms with Gasteiger partial charge in [-0.25, -0.2) is 4.68 Å². The number of rotatable bonds is 8. The minimum atomic E-state index is -0.623. The first kappa shape index (κ1) is 14.0. The molecule has 3 N–H and O–H groups in total. The van der Waals surface area contributed by atoms with Gasteiger partial charge in [-0.15, -0.1) is 5.10 Å². The number of aromatic nitrogens is 3. The van der Waals surface area contributed by atoms with E-state index in [1.54, 1.807) is 18.0 Å². The van der Waals surface area contributed by atoms with Gasteiger partial charge < -0.3 is 20.3 Å². The molecule has 1 aromatic rings. The van der Waals surface area contributed by atoms with Crippen molar-refractivity contribution in [2.24, 2.45) is 5.73 Å². The molecular formula is C10H20N4O3. The first-order valence-electron chi connectivity index (χ1n) is 5.53. The van der Waals surface area contributed by atoms with Crippen LogP contribution in [0, 0.1) is 0 Å². The molecule has 1 aromatic heterocycles. The predicted octanol–water partition coefficient (Wildman–Crippen LogP) is -0.851. The van der Waals surface area contributed by atoms with Crippen molar-refractivity contribution in [2.45, 2.75) is 32.2 Å². The second kappa shape index (κ2) is 7.33. The molecule has 98 valence electrons. The Morgan fingerprint density at radius 1 is 1.53 bits per heavy atom. The average molecular weight is 244 g/mol. The van der Waals surface area contributed by atoms with E-state index in [0.29, 0.717) is 25.4 Å². The summed E-state index contributed by atoms with van der Waals surface area (Å²) < 4.78 is 11.9. The van der Waals surface area contributed by atoms with Crippen LogP contribution < -0.4 is 5.73 Å². The fraction of sp³-hybridized carbons (Fsp3) is 0.800. The van der Waals surface area contributed by atoms with Crippen molar-refractivity contribution in [1.29, 1.82) is 0 Å². The van der Waals surface area contributed by atoms with Gasteiger partial charge in [0.05, 0.1) is 37.7 Å². The number of methoxy groups -OCH3 is 1. The normalized spacial score (nSPS) is 14.8. The van der Waals surface area contributed by atoms with Crippen LogP contribution in [-0.2, 0) is 22.6 Å². The molecule has 0 bridgehead atoms. The third-order valence-electron chi connectivity index (χ3n) is 2.17. The molecule has 17 heavy (non-hydrogen) atoms. The van der Waals surface area contributed by atoms with E-state index in [-0.39, 0.29) is 12.7 Å². The molecule has 0 saturated carbocycles. The standard InChI is InChI=1S/C10H20N4O3/c1-8(6-16-2)17-7-10(15)5-14-4-9(3-11)12-13-14/h4,8,10,15H,3,5-7,11H2,1-2H3. The summed E-state index contributed by atoms with van der Waals surface area (Å²) in [5, 5.41) is 17.4. The van der Waals surface area contributed by atoms with Gasteiger partial charge in [0.15, 0.2) is 0 Å². The van der Waals surface area contributed by atoms with E-state index >= 15 is 0 Å². The molecule has 7 nitrogen and oxygen atoms in total. The van der Waals surface area contributed by atoms with Crippen molar-refractivity contribution >= 4 is 0 Å². The van der Waals surface area contributed by atoms with Gasteiger partial charge in [0.1, 0.15) is 0 Å². The van der Waals surface area contributed by atoms with Gasteiger partial charge in [-0.3, -0.25) is 0 Å². The summed E-state index contributed by atoms with van der Waals surface area (Å²) in [6.07, 6.45) is 1.05. The average Bonchev–Trinajstić information content (AvgIpc) is 2.74. The third-order valence-corrected chi connectivity index (χ3v) is 2.17. The lowest BCUT2D eigenvalue weighted by atomic mass is 10.3. The fourth-order valence-electron chi connectivity index (χ4n) is 1.35. The van der Waals surface area contributed by atoms with Gasteiger partial charge in [-0.1, -0.05) is 5.21 Å². The molecule has 0 fully saturated rings. The molecule has 0 aliphatic rings. The lowest BCUT2D eigenvalue weighted by Crippen LogP contribution is -2.26. The predicted molar refractivity (Wildman–Crippen MR) is 61.2 cm³/mol. The van der Waals surface area contributed by atoms with Gasteiger partial charge in [0.25, 0.3) is 0 Å². The summed E-state index contributed by atoms with van der Waals surface area (Å²) in [6.45, 7) is 3.32. The SMILES string of the molecule is COCC(C)OCC(O)Cn1cc(CN)nn1. The van der Waals surface area contributed by atoms with Crippen molar-refractivity contribution in [3.63, 3.8) is 0 Å². The zero-order valence-electron chi connectivity index (χ0n) is 10.2. The number of aliphatic hydroxyl groups excluding tert-OH is 1. The van der Waals surface area contributed by atoms with Crippen molar-refractivity contribution in [1.82, 2.24) is 15.0 Å². The Kier molecular flexibility index (Phi) is 6.06. The van der Waals surface area contributed by atoms with Crippen molar-refractivity contribution in [2.75, 3.05) is 20.3 Å². The number of hydrogen-bond donors (Lipinski definition) is 2. The first-order valence-corrected chi connectivity index (χ1v) is 5.53. The largest absolute Gasteiger partial charge is 0.389 e. The molecule has 0 aliphatic heterocycles. The van der Waals surface area contributed by atoms with E-state index in [4.69, 9.17) is 15.2 Å². The highest BCUT2D eigenvalue weighted by molar-refractivity contribution is 4.90. The second-order valence-corrected chi connectivity index (χ2v) is 3.89. The van der Waals surface area contributed by atoms with Crippen LogP contribution in [0.15, 0.2) is 6.20 Å². The zero-order valence-corrected chi connectivity index (χ0v) is 10.2. The molecular weight excluding hydrogens is 224 g/mol. The number of nitrogens with zero attached hydrogens (tertiary/aromatic N) is 3. The summed E-state index contributed by atoms with van der Waals surface area (Å²) in [7, 11) is 1.61. The van der Waals surface area contributed by atoms with E-state index in [0.717, 1.165) is 0 Å². The summed E-state index contributed by atoms with van der Waals surface area (Å²) in [6, 6.07) is 0. The van der Waals surface area contributed by atoms with E-state index in [9.17, 15) is 5.11 Å². The third kappa shape index (κ3) is 5.22. The number of hydrogen-bond acceptors (Lipinski definition) is 6. The van der Waals surface area contributed by atoms with Gasteiger partial charge >= 0.3 is 0 Å². The molecule has 0 aliphatic carbocycles. The first-order chi connectivity index (χ1) is 8.15. The van der Waals surface area contributed by atoms with Crippen molar-refractivity contribution < 1.29 is 14.6 Å². The highest BCUT2D eigenvalue weighted by Gasteiger charge is 2.10. The molecule has 1 rings (SSSR count). The van der Waals surface area contributed by atoms with Crippen LogP contribution in [0.1, 0.15) is 12.6 Å². The Balaban J connectivity index is 2.26. The van der Waals surface area contributed by atoms with E-state index in [1.807, 2.05) is 6.92 Å². The quantitative estimate of drug-likeness (QED) is 0.618. The van der Waals surface area contributed by atoms with Gasteiger partial charge in [-0.2, -0.15) is 0 Å². The maximum atomic E-state index is 9.72. The van der Waals surface area contributed by atoms with E-state index in [2.05, 4.69) is 10.3 Å². The van der Waals surface area contributed by atoms with E-state index < -0.39 is 6.10 Å². The van der Waals surface area contributed by atoms with Crippen LogP contribution in [-0.4, -0.2) is 52.6 Å². The fourth-order valence-corrected chi connectivity index (χ4v) is 1.35. The van der Waals surface area contributed by atoms with Crippen LogP contribution in [0.4, 0.5) is 0 Å². The molecule has 0 spiro atoms. The summed E-state index contributed by atoms with van der Waals surface area (Å²) >= 11 is 0. The molecule has 0 amide bonds. The molecule has 0 saturated heterocycles. The summed E-state index contributed by atoms with van der Waals surface area (Å²) in [5.74, 6) is 0. The Hall–Kier alpha value is -1.02. The highest BCUT2D eigenvalue weighted by Crippen LogP contribution is 1.98. The summed E-state index contributed by atoms with van der Waals surface area (Å²) in [4.78, 5) is 0. The van der Waals surface area contributed by atoms with E-state index in [1.165, 1.54) is 0 Å². The van der Waals surface area contributed by atoms with Gasteiger partial charge in [0.2, 0.25) is 0 Å². The maximum Gasteiger partial charge on any atom is 0.0969 e. The molecule has 0 radical (unpaired) electrons. The second-order valence-electron chi connectivity index (χ2n) is 3.89. The van der Waals surface area contributed by atoms with Crippen LogP contribution >= 0.6 is 0 Å². The van der Waals surface area contributed by atoms with Gasteiger partial charge in [0, 0.05) is 19.9 Å². The molecule has 2 unspecified atom stereocenters. The lowest BCUT2D eigenvalue weighted by molar-refractivity contribution is -0.0365. The zero-order chi connectivity index (χ0) is 12.7. The topological polar surface area (TPSA) is 95.4 Å². The van der Waals surface area contributed by atoms with Gasteiger partial charge in [-0.05, 0) is 6.92 Å². The van der Waals surface area contributed by atoms with Crippen molar-refractivity contribution in [3.05, 3.63) is 11.9 Å². The van der Waals surface area contributed by atoms with Crippen LogP contribution in [0.2, 0.25) is 0 Å². The Labute approximate surface area is 101 Å². The Morgan fingerprint density at radius 2 is 2.29 bits per heavy atom. The number of nitrogens with two attached hydrogens (primary N) is 1. The number of aliphatic hydroxyl groups is 1. The van der Waals surface area contributed by atoms with Crippen LogP contribution in [0.5, 0.6) is 0 Å². The van der Waals surface area contributed by atoms with Crippen LogP contribution in [0.3, 0.4) is 0 Å². The highest BCUT2D eigenvalue weighted by atomic mass is 16.5. The Morgan fingerprint density at radius 3 is 2.88 bits per heavy atom. The molecule has 2 atom stereocenters. The van der Waals surface area contributed by atoms with Crippen LogP contribution in [0.25, 0.3) is 0 Å². The summed E-state index contributed by atoms with van der Waals surface area (Å²) in [5.41, 5.74) is 6.11.